The van der Waals surface area contributed by atoms with Gasteiger partial charge in [-0.25, -0.2) is 4.79 Å². The van der Waals surface area contributed by atoms with Crippen molar-refractivity contribution in [3.05, 3.63) is 0 Å². The normalized spacial score (nSPS) is 16.2. The van der Waals surface area contributed by atoms with Crippen molar-refractivity contribution in [1.29, 1.82) is 0 Å². The average molecular weight is 245 g/mol. The van der Waals surface area contributed by atoms with Gasteiger partial charge in [0.1, 0.15) is 0 Å². The maximum Gasteiger partial charge on any atom is 0.404 e. The Morgan fingerprint density at radius 1 is 1.24 bits per heavy atom. The third-order valence-electron chi connectivity index (χ3n) is 3.38. The zero-order chi connectivity index (χ0) is 13.3. The zero-order valence-corrected chi connectivity index (χ0v) is 11.3. The third kappa shape index (κ3) is 6.51. The number of primary amides is 1. The van der Waals surface area contributed by atoms with E-state index in [2.05, 4.69) is 13.8 Å². The van der Waals surface area contributed by atoms with Gasteiger partial charge >= 0.3 is 6.09 Å². The van der Waals surface area contributed by atoms with Gasteiger partial charge in [-0.15, -0.1) is 0 Å². The molecule has 0 spiro atoms. The molecule has 0 aromatic carbocycles. The van der Waals surface area contributed by atoms with E-state index in [1.165, 1.54) is 0 Å². The van der Waals surface area contributed by atoms with E-state index in [9.17, 15) is 9.90 Å². The largest absolute Gasteiger partial charge is 0.449 e. The molecule has 0 saturated heterocycles. The van der Waals surface area contributed by atoms with Gasteiger partial charge in [0.15, 0.2) is 0 Å². The number of rotatable bonds is 9. The van der Waals surface area contributed by atoms with Crippen LogP contribution in [-0.4, -0.2) is 23.9 Å². The number of hydrogen-bond donors (Lipinski definition) is 2. The predicted molar refractivity (Wildman–Crippen MR) is 68.6 cm³/mol. The van der Waals surface area contributed by atoms with E-state index in [0.29, 0.717) is 0 Å². The van der Waals surface area contributed by atoms with Gasteiger partial charge in [0.2, 0.25) is 0 Å². The monoisotopic (exact) mass is 245 g/mol. The second kappa shape index (κ2) is 9.28. The smallest absolute Gasteiger partial charge is 0.404 e. The molecule has 0 aliphatic carbocycles. The SMILES string of the molecule is CCCCC(CC)C(O)C(CC)COC(N)=O. The second-order valence-electron chi connectivity index (χ2n) is 4.60. The predicted octanol–water partition coefficient (Wildman–Crippen LogP) is 2.69. The molecule has 3 atom stereocenters. The van der Waals surface area contributed by atoms with Crippen LogP contribution in [0.2, 0.25) is 0 Å². The van der Waals surface area contributed by atoms with Crippen molar-refractivity contribution >= 4 is 6.09 Å². The Bertz CT molecular complexity index is 209. The minimum absolute atomic E-state index is 0.00990. The number of amides is 1. The summed E-state index contributed by atoms with van der Waals surface area (Å²) >= 11 is 0. The van der Waals surface area contributed by atoms with E-state index >= 15 is 0 Å². The topological polar surface area (TPSA) is 72.6 Å². The van der Waals surface area contributed by atoms with Crippen molar-refractivity contribution in [3.8, 4) is 0 Å². The second-order valence-corrected chi connectivity index (χ2v) is 4.60. The Morgan fingerprint density at radius 2 is 1.82 bits per heavy atom. The van der Waals surface area contributed by atoms with Crippen LogP contribution in [0.5, 0.6) is 0 Å². The van der Waals surface area contributed by atoms with Gasteiger partial charge in [0.25, 0.3) is 0 Å². The van der Waals surface area contributed by atoms with E-state index in [-0.39, 0.29) is 18.4 Å². The van der Waals surface area contributed by atoms with Crippen LogP contribution in [0, 0.1) is 11.8 Å². The van der Waals surface area contributed by atoms with Crippen LogP contribution in [0.1, 0.15) is 52.9 Å². The number of hydrogen-bond acceptors (Lipinski definition) is 3. The van der Waals surface area contributed by atoms with Crippen molar-refractivity contribution in [1.82, 2.24) is 0 Å². The first-order chi connectivity index (χ1) is 8.06. The van der Waals surface area contributed by atoms with Crippen molar-refractivity contribution in [2.24, 2.45) is 17.6 Å². The van der Waals surface area contributed by atoms with E-state index in [0.717, 1.165) is 32.1 Å². The van der Waals surface area contributed by atoms with Gasteiger partial charge in [-0.05, 0) is 18.8 Å². The van der Waals surface area contributed by atoms with Crippen LogP contribution >= 0.6 is 0 Å². The molecule has 3 N–H and O–H groups in total. The van der Waals surface area contributed by atoms with Crippen LogP contribution < -0.4 is 5.73 Å². The number of carbonyl (C=O) groups excluding carboxylic acids is 1. The summed E-state index contributed by atoms with van der Waals surface area (Å²) in [5.74, 6) is 0.278. The van der Waals surface area contributed by atoms with Crippen molar-refractivity contribution in [3.63, 3.8) is 0 Å². The molecule has 0 aliphatic heterocycles. The average Bonchev–Trinajstić information content (AvgIpc) is 2.30. The fourth-order valence-corrected chi connectivity index (χ4v) is 2.11. The van der Waals surface area contributed by atoms with E-state index in [1.54, 1.807) is 0 Å². The van der Waals surface area contributed by atoms with Crippen LogP contribution in [0.3, 0.4) is 0 Å². The Balaban J connectivity index is 4.26. The lowest BCUT2D eigenvalue weighted by Gasteiger charge is -2.28. The van der Waals surface area contributed by atoms with Crippen LogP contribution in [0.4, 0.5) is 4.79 Å². The molecule has 0 rings (SSSR count). The zero-order valence-electron chi connectivity index (χ0n) is 11.3. The van der Waals surface area contributed by atoms with Crippen molar-refractivity contribution in [2.45, 2.75) is 59.0 Å². The molecular weight excluding hydrogens is 218 g/mol. The minimum atomic E-state index is -0.766. The molecule has 4 nitrogen and oxygen atoms in total. The molecule has 102 valence electrons. The number of aliphatic hydroxyl groups is 1. The van der Waals surface area contributed by atoms with Crippen LogP contribution in [0.25, 0.3) is 0 Å². The lowest BCUT2D eigenvalue weighted by molar-refractivity contribution is 0.0112. The summed E-state index contributed by atoms with van der Waals surface area (Å²) in [5, 5.41) is 10.3. The Labute approximate surface area is 105 Å². The quantitative estimate of drug-likeness (QED) is 0.656. The molecule has 0 saturated carbocycles. The van der Waals surface area contributed by atoms with E-state index in [4.69, 9.17) is 10.5 Å². The molecule has 0 aromatic heterocycles. The first-order valence-corrected chi connectivity index (χ1v) is 6.66. The number of unbranched alkanes of at least 4 members (excludes halogenated alkanes) is 1. The molecule has 0 fully saturated rings. The summed E-state index contributed by atoms with van der Waals surface area (Å²) in [7, 11) is 0. The van der Waals surface area contributed by atoms with Crippen molar-refractivity contribution in [2.75, 3.05) is 6.61 Å². The van der Waals surface area contributed by atoms with Crippen LogP contribution in [-0.2, 0) is 4.74 Å². The molecule has 1 amide bonds. The summed E-state index contributed by atoms with van der Waals surface area (Å²) in [5.41, 5.74) is 4.94. The van der Waals surface area contributed by atoms with Crippen LogP contribution in [0.15, 0.2) is 0 Å². The molecule has 0 heterocycles. The van der Waals surface area contributed by atoms with E-state index in [1.807, 2.05) is 6.92 Å². The highest BCUT2D eigenvalue weighted by Gasteiger charge is 2.25. The van der Waals surface area contributed by atoms with Gasteiger partial charge in [-0.1, -0.05) is 40.0 Å². The molecule has 0 aliphatic rings. The molecular formula is C13H27NO3. The first kappa shape index (κ1) is 16.2. The Morgan fingerprint density at radius 3 is 2.24 bits per heavy atom. The van der Waals surface area contributed by atoms with Crippen molar-refractivity contribution < 1.29 is 14.6 Å². The summed E-state index contributed by atoms with van der Waals surface area (Å²) in [6, 6.07) is 0. The summed E-state index contributed by atoms with van der Waals surface area (Å²) < 4.78 is 4.79. The first-order valence-electron chi connectivity index (χ1n) is 6.66. The van der Waals surface area contributed by atoms with Gasteiger partial charge in [0, 0.05) is 5.92 Å². The van der Waals surface area contributed by atoms with Gasteiger partial charge in [0.05, 0.1) is 12.7 Å². The summed E-state index contributed by atoms with van der Waals surface area (Å²) in [4.78, 5) is 10.6. The maximum absolute atomic E-state index is 10.6. The highest BCUT2D eigenvalue weighted by Crippen LogP contribution is 2.24. The number of ether oxygens (including phenoxy) is 1. The van der Waals surface area contributed by atoms with Gasteiger partial charge in [-0.2, -0.15) is 0 Å². The lowest BCUT2D eigenvalue weighted by Crippen LogP contribution is -2.33. The van der Waals surface area contributed by atoms with E-state index < -0.39 is 12.2 Å². The number of carbonyl (C=O) groups is 1. The molecule has 0 bridgehead atoms. The fourth-order valence-electron chi connectivity index (χ4n) is 2.11. The minimum Gasteiger partial charge on any atom is -0.449 e. The Hall–Kier alpha value is -0.770. The molecule has 4 heteroatoms. The molecule has 3 unspecified atom stereocenters. The molecule has 0 radical (unpaired) electrons. The lowest BCUT2D eigenvalue weighted by atomic mass is 9.85. The third-order valence-corrected chi connectivity index (χ3v) is 3.38. The Kier molecular flexibility index (Phi) is 8.86. The summed E-state index contributed by atoms with van der Waals surface area (Å²) in [6.45, 7) is 6.44. The standard InChI is InChI=1S/C13H27NO3/c1-4-7-8-10(5-2)12(15)11(6-3)9-17-13(14)16/h10-12,15H,4-9H2,1-3H3,(H2,14,16). The molecule has 0 aromatic rings. The number of aliphatic hydroxyl groups excluding tert-OH is 1. The van der Waals surface area contributed by atoms with Gasteiger partial charge < -0.3 is 15.6 Å². The maximum atomic E-state index is 10.6. The highest BCUT2D eigenvalue weighted by molar-refractivity contribution is 5.64. The summed E-state index contributed by atoms with van der Waals surface area (Å²) in [6.07, 6.45) is 3.86. The molecule has 17 heavy (non-hydrogen) atoms. The number of nitrogens with two attached hydrogens (primary N) is 1. The highest BCUT2D eigenvalue weighted by atomic mass is 16.5. The fraction of sp³-hybridized carbons (Fsp3) is 0.923. The van der Waals surface area contributed by atoms with Gasteiger partial charge in [-0.3, -0.25) is 0 Å².